The molecule has 0 unspecified atom stereocenters. The molecule has 0 heterocycles. The van der Waals surface area contributed by atoms with Crippen molar-refractivity contribution in [3.63, 3.8) is 0 Å². The first kappa shape index (κ1) is 45.4. The first-order valence-electron chi connectivity index (χ1n) is 22.1. The van der Waals surface area contributed by atoms with Gasteiger partial charge in [0.05, 0.1) is 24.6 Å². The van der Waals surface area contributed by atoms with Gasteiger partial charge < -0.3 is 0 Å². The summed E-state index contributed by atoms with van der Waals surface area (Å²) in [7, 11) is -0.754. The van der Waals surface area contributed by atoms with Crippen LogP contribution in [0.1, 0.15) is 259 Å². The van der Waals surface area contributed by atoms with Gasteiger partial charge in [0.2, 0.25) is 0 Å². The summed E-state index contributed by atoms with van der Waals surface area (Å²) in [5.41, 5.74) is 0. The predicted octanol–water partition coefficient (Wildman–Crippen LogP) is 17.1. The molecule has 0 aliphatic carbocycles. The molecule has 0 atom stereocenters. The van der Waals surface area contributed by atoms with Crippen molar-refractivity contribution in [2.24, 2.45) is 0 Å². The van der Waals surface area contributed by atoms with Crippen LogP contribution in [0, 0.1) is 0 Å². The zero-order valence-electron chi connectivity index (χ0n) is 32.7. The van der Waals surface area contributed by atoms with Crippen LogP contribution >= 0.6 is 7.26 Å². The zero-order chi connectivity index (χ0) is 32.8. The van der Waals surface area contributed by atoms with Gasteiger partial charge in [0.1, 0.15) is 0 Å². The van der Waals surface area contributed by atoms with E-state index >= 15 is 0 Å². The third-order valence-electron chi connectivity index (χ3n) is 10.9. The summed E-state index contributed by atoms with van der Waals surface area (Å²) in [6.07, 6.45) is 60.2. The lowest BCUT2D eigenvalue weighted by Gasteiger charge is -2.28. The van der Waals surface area contributed by atoms with Crippen LogP contribution in [-0.4, -0.2) is 24.6 Å². The zero-order valence-corrected chi connectivity index (χ0v) is 33.6. The minimum atomic E-state index is -0.754. The SMILES string of the molecule is CCCCCCCCCCCCCCCCCCCC[P+](CCCCCCCC)(CCCCCCCC)CCCCCCCC. The molecule has 0 nitrogen and oxygen atoms in total. The maximum absolute atomic E-state index is 2.36. The lowest BCUT2D eigenvalue weighted by molar-refractivity contribution is 0.526. The Hall–Kier alpha value is 0.430. The van der Waals surface area contributed by atoms with Gasteiger partial charge in [-0.1, -0.05) is 207 Å². The second kappa shape index (κ2) is 38.9. The summed E-state index contributed by atoms with van der Waals surface area (Å²) >= 11 is 0. The Morgan fingerprint density at radius 2 is 0.311 bits per heavy atom. The van der Waals surface area contributed by atoms with E-state index in [1.165, 1.54) is 205 Å². The van der Waals surface area contributed by atoms with Crippen LogP contribution in [0.2, 0.25) is 0 Å². The highest BCUT2D eigenvalue weighted by molar-refractivity contribution is 7.75. The van der Waals surface area contributed by atoms with Crippen LogP contribution in [0.15, 0.2) is 0 Å². The Morgan fingerprint density at radius 3 is 0.467 bits per heavy atom. The molecule has 0 aromatic heterocycles. The molecular formula is C44H92P+. The number of rotatable bonds is 40. The summed E-state index contributed by atoms with van der Waals surface area (Å²) in [6.45, 7) is 9.39. The highest BCUT2D eigenvalue weighted by atomic mass is 31.2. The van der Waals surface area contributed by atoms with Crippen LogP contribution in [0.5, 0.6) is 0 Å². The van der Waals surface area contributed by atoms with E-state index in [0.717, 1.165) is 0 Å². The fourth-order valence-corrected chi connectivity index (χ4v) is 12.6. The number of hydrogen-bond acceptors (Lipinski definition) is 0. The van der Waals surface area contributed by atoms with Crippen LogP contribution in [0.4, 0.5) is 0 Å². The van der Waals surface area contributed by atoms with E-state index in [0.29, 0.717) is 0 Å². The summed E-state index contributed by atoms with van der Waals surface area (Å²) in [5, 5.41) is 0. The second-order valence-electron chi connectivity index (χ2n) is 15.5. The number of unbranched alkanes of at least 4 members (excludes halogenated alkanes) is 32. The Labute approximate surface area is 290 Å². The van der Waals surface area contributed by atoms with Crippen LogP contribution in [-0.2, 0) is 0 Å². The fraction of sp³-hybridized carbons (Fsp3) is 1.00. The summed E-state index contributed by atoms with van der Waals surface area (Å²) in [6, 6.07) is 0. The molecule has 0 saturated heterocycles. The predicted molar refractivity (Wildman–Crippen MR) is 215 cm³/mol. The first-order valence-corrected chi connectivity index (χ1v) is 24.6. The monoisotopic (exact) mass is 652 g/mol. The van der Waals surface area contributed by atoms with Gasteiger partial charge in [0.15, 0.2) is 0 Å². The smallest absolute Gasteiger partial charge is 0.0594 e. The summed E-state index contributed by atoms with van der Waals surface area (Å²) in [4.78, 5) is 0. The quantitative estimate of drug-likeness (QED) is 0.0457. The molecular weight excluding hydrogens is 559 g/mol. The average Bonchev–Trinajstić information content (AvgIpc) is 3.05. The van der Waals surface area contributed by atoms with E-state index in [1.54, 1.807) is 50.3 Å². The molecule has 0 bridgehead atoms. The number of hydrogen-bond donors (Lipinski definition) is 0. The van der Waals surface area contributed by atoms with Gasteiger partial charge in [-0.05, 0) is 51.4 Å². The van der Waals surface area contributed by atoms with Crippen molar-refractivity contribution in [3.8, 4) is 0 Å². The molecule has 0 fully saturated rings. The maximum atomic E-state index is 2.36. The van der Waals surface area contributed by atoms with Crippen molar-refractivity contribution in [3.05, 3.63) is 0 Å². The van der Waals surface area contributed by atoms with E-state index in [9.17, 15) is 0 Å². The van der Waals surface area contributed by atoms with Gasteiger partial charge >= 0.3 is 0 Å². The largest absolute Gasteiger partial charge is 0.0654 e. The fourth-order valence-electron chi connectivity index (χ4n) is 7.70. The molecule has 0 rings (SSSR count). The highest BCUT2D eigenvalue weighted by Gasteiger charge is 2.35. The van der Waals surface area contributed by atoms with Crippen LogP contribution in [0.3, 0.4) is 0 Å². The average molecular weight is 652 g/mol. The Bertz CT molecular complexity index is 472. The molecule has 0 aromatic rings. The molecule has 0 saturated carbocycles. The van der Waals surface area contributed by atoms with Crippen molar-refractivity contribution in [1.82, 2.24) is 0 Å². The van der Waals surface area contributed by atoms with Crippen molar-refractivity contribution in [1.29, 1.82) is 0 Å². The van der Waals surface area contributed by atoms with Crippen molar-refractivity contribution in [2.45, 2.75) is 259 Å². The van der Waals surface area contributed by atoms with E-state index in [4.69, 9.17) is 0 Å². The topological polar surface area (TPSA) is 0 Å². The molecule has 0 aliphatic heterocycles. The minimum absolute atomic E-state index is 0.754. The molecule has 272 valence electrons. The maximum Gasteiger partial charge on any atom is 0.0594 e. The van der Waals surface area contributed by atoms with E-state index in [-0.39, 0.29) is 0 Å². The molecule has 0 radical (unpaired) electrons. The minimum Gasteiger partial charge on any atom is -0.0654 e. The van der Waals surface area contributed by atoms with E-state index < -0.39 is 7.26 Å². The van der Waals surface area contributed by atoms with Crippen molar-refractivity contribution < 1.29 is 0 Å². The van der Waals surface area contributed by atoms with Gasteiger partial charge in [0, 0.05) is 7.26 Å². The normalized spacial score (nSPS) is 12.0. The van der Waals surface area contributed by atoms with E-state index in [1.807, 2.05) is 0 Å². The second-order valence-corrected chi connectivity index (χ2v) is 20.0. The third kappa shape index (κ3) is 34.1. The van der Waals surface area contributed by atoms with Gasteiger partial charge in [0.25, 0.3) is 0 Å². The van der Waals surface area contributed by atoms with Crippen molar-refractivity contribution >= 4 is 7.26 Å². The van der Waals surface area contributed by atoms with Crippen molar-refractivity contribution in [2.75, 3.05) is 24.6 Å². The van der Waals surface area contributed by atoms with Crippen LogP contribution < -0.4 is 0 Å². The Balaban J connectivity index is 4.36. The molecule has 1 heteroatoms. The van der Waals surface area contributed by atoms with Gasteiger partial charge in [-0.3, -0.25) is 0 Å². The molecule has 0 N–H and O–H groups in total. The molecule has 0 amide bonds. The van der Waals surface area contributed by atoms with Gasteiger partial charge in [-0.25, -0.2) is 0 Å². The lowest BCUT2D eigenvalue weighted by atomic mass is 10.0. The standard InChI is InChI=1S/C44H92P/c1-5-9-13-17-21-22-23-24-25-26-27-28-29-30-31-32-36-40-44-45(41-37-33-18-14-10-6-2,42-38-34-19-15-11-7-3)43-39-35-20-16-12-8-4/h5-44H2,1-4H3/q+1. The molecule has 0 aromatic carbocycles. The Morgan fingerprint density at radius 1 is 0.178 bits per heavy atom. The highest BCUT2D eigenvalue weighted by Crippen LogP contribution is 2.61. The Kier molecular flexibility index (Phi) is 39.2. The van der Waals surface area contributed by atoms with Gasteiger partial charge in [-0.15, -0.1) is 0 Å². The first-order chi connectivity index (χ1) is 22.2. The molecule has 0 aliphatic rings. The van der Waals surface area contributed by atoms with Crippen LogP contribution in [0.25, 0.3) is 0 Å². The third-order valence-corrected chi connectivity index (χ3v) is 16.0. The molecule has 0 spiro atoms. The lowest BCUT2D eigenvalue weighted by Crippen LogP contribution is -2.13. The molecule has 45 heavy (non-hydrogen) atoms. The van der Waals surface area contributed by atoms with Gasteiger partial charge in [-0.2, -0.15) is 0 Å². The summed E-state index contributed by atoms with van der Waals surface area (Å²) in [5.74, 6) is 0. The van der Waals surface area contributed by atoms with E-state index in [2.05, 4.69) is 27.7 Å². The summed E-state index contributed by atoms with van der Waals surface area (Å²) < 4.78 is 0.